The van der Waals surface area contributed by atoms with Crippen molar-refractivity contribution < 1.29 is 14.7 Å². The standard InChI is InChI=1S/C23H18N2O3/c1-15-9-11-17(12-10-15)21(26)19-20(16-6-3-2-4-7-16)25(23(28)22(19)27)18-8-5-13-24-14-18/h2-14,20,26H,1H3/b21-19-. The minimum Gasteiger partial charge on any atom is -0.507 e. The lowest BCUT2D eigenvalue weighted by molar-refractivity contribution is -0.132. The highest BCUT2D eigenvalue weighted by Crippen LogP contribution is 2.41. The summed E-state index contributed by atoms with van der Waals surface area (Å²) in [4.78, 5) is 31.3. The van der Waals surface area contributed by atoms with Crippen molar-refractivity contribution >= 4 is 23.1 Å². The molecular formula is C23H18N2O3. The van der Waals surface area contributed by atoms with E-state index in [1.54, 1.807) is 30.5 Å². The van der Waals surface area contributed by atoms with Gasteiger partial charge in [-0.3, -0.25) is 19.5 Å². The van der Waals surface area contributed by atoms with Crippen LogP contribution in [0.25, 0.3) is 5.76 Å². The molecule has 0 aliphatic carbocycles. The Morgan fingerprint density at radius 2 is 1.68 bits per heavy atom. The molecule has 138 valence electrons. The highest BCUT2D eigenvalue weighted by atomic mass is 16.3. The van der Waals surface area contributed by atoms with Gasteiger partial charge >= 0.3 is 0 Å². The third kappa shape index (κ3) is 2.97. The van der Waals surface area contributed by atoms with Crippen molar-refractivity contribution in [1.82, 2.24) is 4.98 Å². The molecule has 1 N–H and O–H groups in total. The van der Waals surface area contributed by atoms with Gasteiger partial charge in [-0.25, -0.2) is 0 Å². The second-order valence-corrected chi connectivity index (χ2v) is 6.66. The minimum absolute atomic E-state index is 0.0731. The number of carbonyl (C=O) groups is 2. The van der Waals surface area contributed by atoms with Crippen LogP contribution in [-0.4, -0.2) is 21.8 Å². The lowest BCUT2D eigenvalue weighted by Gasteiger charge is -2.25. The van der Waals surface area contributed by atoms with Crippen molar-refractivity contribution in [3.63, 3.8) is 0 Å². The largest absolute Gasteiger partial charge is 0.507 e. The van der Waals surface area contributed by atoms with Crippen LogP contribution in [0.4, 0.5) is 5.69 Å². The Morgan fingerprint density at radius 1 is 0.964 bits per heavy atom. The second-order valence-electron chi connectivity index (χ2n) is 6.66. The average molecular weight is 370 g/mol. The predicted molar refractivity (Wildman–Crippen MR) is 107 cm³/mol. The maximum Gasteiger partial charge on any atom is 0.300 e. The molecule has 0 bridgehead atoms. The van der Waals surface area contributed by atoms with Crippen molar-refractivity contribution in [1.29, 1.82) is 0 Å². The van der Waals surface area contributed by atoms with Crippen LogP contribution < -0.4 is 4.90 Å². The van der Waals surface area contributed by atoms with Crippen molar-refractivity contribution in [2.24, 2.45) is 0 Å². The fraction of sp³-hybridized carbons (Fsp3) is 0.0870. The lowest BCUT2D eigenvalue weighted by Crippen LogP contribution is -2.29. The highest BCUT2D eigenvalue weighted by molar-refractivity contribution is 6.51. The molecule has 5 heteroatoms. The topological polar surface area (TPSA) is 70.5 Å². The fourth-order valence-corrected chi connectivity index (χ4v) is 3.41. The summed E-state index contributed by atoms with van der Waals surface area (Å²) in [6.07, 6.45) is 3.14. The Labute approximate surface area is 162 Å². The van der Waals surface area contributed by atoms with Gasteiger partial charge in [-0.1, -0.05) is 60.2 Å². The molecule has 1 amide bonds. The van der Waals surface area contributed by atoms with Gasteiger partial charge in [-0.15, -0.1) is 0 Å². The quantitative estimate of drug-likeness (QED) is 0.429. The molecule has 1 aromatic heterocycles. The first-order valence-electron chi connectivity index (χ1n) is 8.91. The number of aliphatic hydroxyl groups excluding tert-OH is 1. The number of anilines is 1. The molecule has 0 spiro atoms. The number of carbonyl (C=O) groups excluding carboxylic acids is 2. The van der Waals surface area contributed by atoms with Gasteiger partial charge < -0.3 is 5.11 Å². The molecule has 1 unspecified atom stereocenters. The van der Waals surface area contributed by atoms with Gasteiger partial charge in [-0.2, -0.15) is 0 Å². The monoisotopic (exact) mass is 370 g/mol. The third-order valence-electron chi connectivity index (χ3n) is 4.81. The van der Waals surface area contributed by atoms with Gasteiger partial charge in [0.1, 0.15) is 5.76 Å². The SMILES string of the molecule is Cc1ccc(/C(O)=C2/C(=O)C(=O)N(c3cccnc3)C2c2ccccc2)cc1. The van der Waals surface area contributed by atoms with Gasteiger partial charge in [0.2, 0.25) is 0 Å². The third-order valence-corrected chi connectivity index (χ3v) is 4.81. The van der Waals surface area contributed by atoms with E-state index in [2.05, 4.69) is 4.98 Å². The van der Waals surface area contributed by atoms with Crippen LogP contribution in [-0.2, 0) is 9.59 Å². The van der Waals surface area contributed by atoms with E-state index in [1.165, 1.54) is 11.1 Å². The Kier molecular flexibility index (Phi) is 4.49. The zero-order chi connectivity index (χ0) is 19.7. The van der Waals surface area contributed by atoms with Crippen LogP contribution in [0.5, 0.6) is 0 Å². The van der Waals surface area contributed by atoms with Gasteiger partial charge in [-0.05, 0) is 24.6 Å². The molecule has 28 heavy (non-hydrogen) atoms. The molecule has 1 saturated heterocycles. The molecule has 1 aliphatic heterocycles. The number of hydrogen-bond donors (Lipinski definition) is 1. The summed E-state index contributed by atoms with van der Waals surface area (Å²) in [5, 5.41) is 11.0. The fourth-order valence-electron chi connectivity index (χ4n) is 3.41. The molecular weight excluding hydrogens is 352 g/mol. The summed E-state index contributed by atoms with van der Waals surface area (Å²) in [6.45, 7) is 1.94. The van der Waals surface area contributed by atoms with Crippen LogP contribution in [0.3, 0.4) is 0 Å². The van der Waals surface area contributed by atoms with Crippen LogP contribution in [0, 0.1) is 6.92 Å². The van der Waals surface area contributed by atoms with Gasteiger partial charge in [0.15, 0.2) is 0 Å². The van der Waals surface area contributed by atoms with E-state index in [9.17, 15) is 14.7 Å². The first-order valence-corrected chi connectivity index (χ1v) is 8.91. The van der Waals surface area contributed by atoms with Crippen molar-refractivity contribution in [2.75, 3.05) is 4.90 Å². The zero-order valence-corrected chi connectivity index (χ0v) is 15.2. The molecule has 0 radical (unpaired) electrons. The minimum atomic E-state index is -0.730. The number of aryl methyl sites for hydroxylation is 1. The number of pyridine rings is 1. The van der Waals surface area contributed by atoms with Crippen LogP contribution in [0.2, 0.25) is 0 Å². The van der Waals surface area contributed by atoms with E-state index >= 15 is 0 Å². The summed E-state index contributed by atoms with van der Waals surface area (Å²) in [5.74, 6) is -1.58. The van der Waals surface area contributed by atoms with Crippen LogP contribution in [0.1, 0.15) is 22.7 Å². The van der Waals surface area contributed by atoms with Gasteiger partial charge in [0.05, 0.1) is 23.5 Å². The molecule has 4 rings (SSSR count). The molecule has 3 aromatic rings. The number of benzene rings is 2. The number of aliphatic hydroxyl groups is 1. The zero-order valence-electron chi connectivity index (χ0n) is 15.2. The molecule has 5 nitrogen and oxygen atoms in total. The Hall–Kier alpha value is -3.73. The molecule has 1 fully saturated rings. The number of hydrogen-bond acceptors (Lipinski definition) is 4. The van der Waals surface area contributed by atoms with Crippen molar-refractivity contribution in [3.8, 4) is 0 Å². The summed E-state index contributed by atoms with van der Waals surface area (Å²) < 4.78 is 0. The maximum atomic E-state index is 12.9. The van der Waals surface area contributed by atoms with E-state index < -0.39 is 17.7 Å². The number of aromatic nitrogens is 1. The summed E-state index contributed by atoms with van der Waals surface area (Å²) in [7, 11) is 0. The predicted octanol–water partition coefficient (Wildman–Crippen LogP) is 4.02. The number of amides is 1. The van der Waals surface area contributed by atoms with Gasteiger partial charge in [0, 0.05) is 11.8 Å². The van der Waals surface area contributed by atoms with E-state index in [4.69, 9.17) is 0 Å². The number of ketones is 1. The van der Waals surface area contributed by atoms with E-state index in [-0.39, 0.29) is 11.3 Å². The molecule has 2 heterocycles. The van der Waals surface area contributed by atoms with E-state index in [0.717, 1.165) is 11.1 Å². The van der Waals surface area contributed by atoms with E-state index in [0.29, 0.717) is 11.3 Å². The van der Waals surface area contributed by atoms with Crippen LogP contribution in [0.15, 0.2) is 84.7 Å². The van der Waals surface area contributed by atoms with Crippen LogP contribution >= 0.6 is 0 Å². The number of Topliss-reactive ketones (excluding diaryl/α,β-unsaturated/α-hetero) is 1. The molecule has 0 saturated carbocycles. The lowest BCUT2D eigenvalue weighted by atomic mass is 9.95. The molecule has 1 atom stereocenters. The number of rotatable bonds is 3. The Morgan fingerprint density at radius 3 is 2.32 bits per heavy atom. The molecule has 1 aliphatic rings. The first kappa shape index (κ1) is 17.7. The normalized spacial score (nSPS) is 18.5. The smallest absolute Gasteiger partial charge is 0.300 e. The van der Waals surface area contributed by atoms with E-state index in [1.807, 2.05) is 49.4 Å². The summed E-state index contributed by atoms with van der Waals surface area (Å²) in [6, 6.07) is 19.1. The first-order chi connectivity index (χ1) is 13.6. The summed E-state index contributed by atoms with van der Waals surface area (Å²) in [5.41, 5.74) is 2.84. The molecule has 2 aromatic carbocycles. The Bertz CT molecular complexity index is 1060. The summed E-state index contributed by atoms with van der Waals surface area (Å²) >= 11 is 0. The highest BCUT2D eigenvalue weighted by Gasteiger charge is 2.46. The van der Waals surface area contributed by atoms with Gasteiger partial charge in [0.25, 0.3) is 11.7 Å². The second kappa shape index (κ2) is 7.12. The van der Waals surface area contributed by atoms with Crippen molar-refractivity contribution in [2.45, 2.75) is 13.0 Å². The number of nitrogens with zero attached hydrogens (tertiary/aromatic N) is 2. The Balaban J connectivity index is 1.94. The average Bonchev–Trinajstić information content (AvgIpc) is 3.00. The maximum absolute atomic E-state index is 12.9. The van der Waals surface area contributed by atoms with Crippen molar-refractivity contribution in [3.05, 3.63) is 101 Å².